The van der Waals surface area contributed by atoms with Crippen molar-refractivity contribution < 1.29 is 9.18 Å². The molecule has 0 unspecified atom stereocenters. The average molecular weight is 207 g/mol. The number of nitrogens with zero attached hydrogens (tertiary/aromatic N) is 1. The van der Waals surface area contributed by atoms with Crippen LogP contribution in [-0.4, -0.2) is 11.9 Å². The number of carbonyl (C=O) groups excluding carboxylic acids is 1. The van der Waals surface area contributed by atoms with Crippen LogP contribution in [0.5, 0.6) is 0 Å². The summed E-state index contributed by atoms with van der Waals surface area (Å²) in [6.07, 6.45) is 0.242. The molecule has 1 amide bonds. The van der Waals surface area contributed by atoms with Gasteiger partial charge < -0.3 is 5.73 Å². The minimum Gasteiger partial charge on any atom is -0.370 e. The molecule has 5 heteroatoms. The molecule has 3 N–H and O–H groups in total. The number of aliphatic imine (C=N–C) groups is 1. The third-order valence-corrected chi connectivity index (χ3v) is 2.20. The molecule has 1 aromatic rings. The Morgan fingerprint density at radius 2 is 2.07 bits per heavy atom. The molecule has 0 fully saturated rings. The van der Waals surface area contributed by atoms with Gasteiger partial charge in [-0.2, -0.15) is 0 Å². The summed E-state index contributed by atoms with van der Waals surface area (Å²) < 4.78 is 12.7. The van der Waals surface area contributed by atoms with E-state index >= 15 is 0 Å². The van der Waals surface area contributed by atoms with Crippen LogP contribution in [-0.2, 0) is 4.79 Å². The molecule has 2 rings (SSSR count). The van der Waals surface area contributed by atoms with E-state index in [0.717, 1.165) is 5.56 Å². The normalized spacial score (nSPS) is 20.7. The highest BCUT2D eigenvalue weighted by molar-refractivity contribution is 5.98. The number of amides is 1. The Morgan fingerprint density at radius 1 is 1.40 bits per heavy atom. The van der Waals surface area contributed by atoms with E-state index in [1.54, 1.807) is 12.1 Å². The highest BCUT2D eigenvalue weighted by Crippen LogP contribution is 2.23. The zero-order valence-electron chi connectivity index (χ0n) is 7.90. The largest absolute Gasteiger partial charge is 0.370 e. The average Bonchev–Trinajstić information content (AvgIpc) is 2.17. The number of benzene rings is 1. The molecule has 0 spiro atoms. The molecular weight excluding hydrogens is 197 g/mol. The van der Waals surface area contributed by atoms with Crippen LogP contribution in [0.2, 0.25) is 0 Å². The summed E-state index contributed by atoms with van der Waals surface area (Å²) in [6, 6.07) is 5.59. The zero-order valence-corrected chi connectivity index (χ0v) is 7.90. The monoisotopic (exact) mass is 207 g/mol. The lowest BCUT2D eigenvalue weighted by Crippen LogP contribution is -2.41. The van der Waals surface area contributed by atoms with Crippen molar-refractivity contribution in [2.45, 2.75) is 12.5 Å². The van der Waals surface area contributed by atoms with E-state index in [2.05, 4.69) is 10.3 Å². The smallest absolute Gasteiger partial charge is 0.229 e. The van der Waals surface area contributed by atoms with E-state index < -0.39 is 0 Å². The first-order valence-corrected chi connectivity index (χ1v) is 4.54. The molecule has 1 heterocycles. The van der Waals surface area contributed by atoms with Crippen molar-refractivity contribution in [2.24, 2.45) is 10.7 Å². The van der Waals surface area contributed by atoms with Crippen LogP contribution < -0.4 is 11.1 Å². The number of guanidine groups is 1. The molecule has 1 aliphatic heterocycles. The molecule has 0 aromatic heterocycles. The Balaban J connectivity index is 2.27. The molecule has 78 valence electrons. The molecule has 0 saturated carbocycles. The predicted molar refractivity (Wildman–Crippen MR) is 53.5 cm³/mol. The molecule has 0 bridgehead atoms. The second-order valence-electron chi connectivity index (χ2n) is 3.33. The Bertz CT molecular complexity index is 413. The van der Waals surface area contributed by atoms with Gasteiger partial charge >= 0.3 is 0 Å². The van der Waals surface area contributed by atoms with Gasteiger partial charge in [-0.05, 0) is 17.7 Å². The summed E-state index contributed by atoms with van der Waals surface area (Å²) in [5, 5.41) is 2.41. The molecule has 4 nitrogen and oxygen atoms in total. The van der Waals surface area contributed by atoms with Crippen LogP contribution in [0.4, 0.5) is 4.39 Å². The lowest BCUT2D eigenvalue weighted by molar-refractivity contribution is -0.120. The first-order chi connectivity index (χ1) is 7.15. The van der Waals surface area contributed by atoms with E-state index in [-0.39, 0.29) is 30.1 Å². The van der Waals surface area contributed by atoms with Crippen LogP contribution in [0.25, 0.3) is 0 Å². The summed E-state index contributed by atoms with van der Waals surface area (Å²) >= 11 is 0. The quantitative estimate of drug-likeness (QED) is 0.711. The van der Waals surface area contributed by atoms with E-state index in [1.807, 2.05) is 0 Å². The van der Waals surface area contributed by atoms with Crippen LogP contribution >= 0.6 is 0 Å². The summed E-state index contributed by atoms with van der Waals surface area (Å²) in [5.74, 6) is -0.367. The maximum Gasteiger partial charge on any atom is 0.229 e. The van der Waals surface area contributed by atoms with Gasteiger partial charge in [-0.15, -0.1) is 0 Å². The van der Waals surface area contributed by atoms with Crippen molar-refractivity contribution in [3.8, 4) is 0 Å². The van der Waals surface area contributed by atoms with Crippen molar-refractivity contribution in [2.75, 3.05) is 0 Å². The molecule has 0 aliphatic carbocycles. The highest BCUT2D eigenvalue weighted by Gasteiger charge is 2.20. The van der Waals surface area contributed by atoms with Crippen LogP contribution in [0, 0.1) is 5.82 Å². The maximum atomic E-state index is 12.7. The van der Waals surface area contributed by atoms with E-state index in [0.29, 0.717) is 0 Å². The minimum atomic E-state index is -0.309. The number of rotatable bonds is 1. The van der Waals surface area contributed by atoms with Gasteiger partial charge in [-0.3, -0.25) is 10.1 Å². The molecule has 15 heavy (non-hydrogen) atoms. The summed E-state index contributed by atoms with van der Waals surface area (Å²) in [7, 11) is 0. The summed E-state index contributed by atoms with van der Waals surface area (Å²) in [5.41, 5.74) is 6.21. The lowest BCUT2D eigenvalue weighted by Gasteiger charge is -2.18. The Morgan fingerprint density at radius 3 is 2.67 bits per heavy atom. The van der Waals surface area contributed by atoms with E-state index in [9.17, 15) is 9.18 Å². The second kappa shape index (κ2) is 3.68. The Kier molecular flexibility index (Phi) is 2.37. The number of hydrogen-bond donors (Lipinski definition) is 2. The third-order valence-electron chi connectivity index (χ3n) is 2.20. The van der Waals surface area contributed by atoms with Crippen molar-refractivity contribution >= 4 is 11.9 Å². The van der Waals surface area contributed by atoms with E-state index in [1.165, 1.54) is 12.1 Å². The first kappa shape index (κ1) is 9.64. The molecule has 1 aliphatic rings. The highest BCUT2D eigenvalue weighted by atomic mass is 19.1. The van der Waals surface area contributed by atoms with Crippen molar-refractivity contribution in [1.29, 1.82) is 0 Å². The molecule has 1 aromatic carbocycles. The SMILES string of the molecule is NC1=N[C@@H](c2ccc(F)cc2)CC(=O)N1. The maximum absolute atomic E-state index is 12.7. The van der Waals surface area contributed by atoms with Crippen LogP contribution in [0.15, 0.2) is 29.3 Å². The van der Waals surface area contributed by atoms with Gasteiger partial charge in [0.2, 0.25) is 5.91 Å². The van der Waals surface area contributed by atoms with Crippen LogP contribution in [0.3, 0.4) is 0 Å². The van der Waals surface area contributed by atoms with Gasteiger partial charge in [0.05, 0.1) is 12.5 Å². The van der Waals surface area contributed by atoms with Gasteiger partial charge in [0.1, 0.15) is 5.82 Å². The predicted octanol–water partition coefficient (Wildman–Crippen LogP) is 0.701. The zero-order chi connectivity index (χ0) is 10.8. The van der Waals surface area contributed by atoms with Crippen molar-refractivity contribution in [3.63, 3.8) is 0 Å². The molecule has 0 saturated heterocycles. The minimum absolute atomic E-state index is 0.112. The molecular formula is C10H10FN3O. The second-order valence-corrected chi connectivity index (χ2v) is 3.33. The fraction of sp³-hybridized carbons (Fsp3) is 0.200. The number of carbonyl (C=O) groups is 1. The molecule has 0 radical (unpaired) electrons. The summed E-state index contributed by atoms with van der Waals surface area (Å²) in [4.78, 5) is 15.3. The van der Waals surface area contributed by atoms with Gasteiger partial charge in [-0.1, -0.05) is 12.1 Å². The van der Waals surface area contributed by atoms with Gasteiger partial charge in [0, 0.05) is 0 Å². The number of nitrogens with two attached hydrogens (primary N) is 1. The topological polar surface area (TPSA) is 67.5 Å². The van der Waals surface area contributed by atoms with Crippen LogP contribution in [0.1, 0.15) is 18.0 Å². The first-order valence-electron chi connectivity index (χ1n) is 4.54. The lowest BCUT2D eigenvalue weighted by atomic mass is 10.0. The Labute approximate surface area is 86.0 Å². The fourth-order valence-electron chi connectivity index (χ4n) is 1.49. The van der Waals surface area contributed by atoms with Gasteiger partial charge in [0.15, 0.2) is 5.96 Å². The number of hydrogen-bond acceptors (Lipinski definition) is 3. The molecule has 1 atom stereocenters. The van der Waals surface area contributed by atoms with Crippen molar-refractivity contribution in [3.05, 3.63) is 35.6 Å². The van der Waals surface area contributed by atoms with Crippen molar-refractivity contribution in [1.82, 2.24) is 5.32 Å². The van der Waals surface area contributed by atoms with E-state index in [4.69, 9.17) is 5.73 Å². The number of nitrogens with one attached hydrogen (secondary N) is 1. The van der Waals surface area contributed by atoms with Gasteiger partial charge in [-0.25, -0.2) is 9.38 Å². The fourth-order valence-corrected chi connectivity index (χ4v) is 1.49. The van der Waals surface area contributed by atoms with Gasteiger partial charge in [0.25, 0.3) is 0 Å². The number of halogens is 1. The summed E-state index contributed by atoms with van der Waals surface area (Å²) in [6.45, 7) is 0. The Hall–Kier alpha value is -1.91. The standard InChI is InChI=1S/C10H10FN3O/c11-7-3-1-6(2-4-7)8-5-9(15)14-10(12)13-8/h1-4,8H,5H2,(H3,12,13,14,15)/t8-/m1/s1. The third kappa shape index (κ3) is 2.12.